The first-order valence-corrected chi connectivity index (χ1v) is 16.7. The average Bonchev–Trinajstić information content (AvgIpc) is 2.99. The van der Waals surface area contributed by atoms with Gasteiger partial charge in [0.05, 0.1) is 24.7 Å². The molecule has 0 fully saturated rings. The van der Waals surface area contributed by atoms with Crippen LogP contribution in [-0.2, 0) is 29.3 Å². The smallest absolute Gasteiger partial charge is 0.333 e. The van der Waals surface area contributed by atoms with E-state index in [0.717, 1.165) is 5.56 Å². The molecule has 0 aliphatic heterocycles. The first-order chi connectivity index (χ1) is 21.6. The number of rotatable bonds is 15. The van der Waals surface area contributed by atoms with Crippen LogP contribution in [0.25, 0.3) is 0 Å². The van der Waals surface area contributed by atoms with E-state index in [1.165, 1.54) is 0 Å². The van der Waals surface area contributed by atoms with Crippen molar-refractivity contribution in [2.75, 3.05) is 27.7 Å². The van der Waals surface area contributed by atoms with E-state index < -0.39 is 34.9 Å². The average molecular weight is 655 g/mol. The highest BCUT2D eigenvalue weighted by Crippen LogP contribution is 2.29. The van der Waals surface area contributed by atoms with Crippen molar-refractivity contribution < 1.29 is 23.9 Å². The normalized spacial score (nSPS) is 15.5. The Hall–Kier alpha value is -3.46. The van der Waals surface area contributed by atoms with Crippen LogP contribution in [0.1, 0.15) is 88.6 Å². The summed E-state index contributed by atoms with van der Waals surface area (Å²) in [5.41, 5.74) is 0.781. The Morgan fingerprint density at radius 3 is 1.74 bits per heavy atom. The Kier molecular flexibility index (Phi) is 15.6. The van der Waals surface area contributed by atoms with Crippen molar-refractivity contribution in [2.24, 2.45) is 17.3 Å². The van der Waals surface area contributed by atoms with E-state index in [0.29, 0.717) is 11.1 Å². The van der Waals surface area contributed by atoms with Crippen molar-refractivity contribution in [3.63, 3.8) is 0 Å². The van der Waals surface area contributed by atoms with E-state index in [2.05, 4.69) is 10.6 Å². The summed E-state index contributed by atoms with van der Waals surface area (Å²) in [6.45, 7) is 23.3. The summed E-state index contributed by atoms with van der Waals surface area (Å²) in [5, 5.41) is 6.26. The lowest BCUT2D eigenvalue weighted by Gasteiger charge is -2.40. The molecule has 4 atom stereocenters. The maximum absolute atomic E-state index is 14.2. The fraction of sp³-hybridized carbons (Fsp3) is 0.632. The summed E-state index contributed by atoms with van der Waals surface area (Å²) >= 11 is 0. The van der Waals surface area contributed by atoms with Gasteiger partial charge in [-0.3, -0.25) is 14.4 Å². The van der Waals surface area contributed by atoms with Gasteiger partial charge in [0.1, 0.15) is 6.04 Å². The molecular weight excluding hydrogens is 592 g/mol. The summed E-state index contributed by atoms with van der Waals surface area (Å²) in [7, 11) is 5.20. The number of nitrogens with one attached hydrogen (secondary N) is 2. The number of hydrogen-bond donors (Lipinski definition) is 2. The third kappa shape index (κ3) is 11.1. The molecule has 0 aliphatic rings. The van der Waals surface area contributed by atoms with E-state index in [4.69, 9.17) is 4.74 Å². The molecule has 9 nitrogen and oxygen atoms in total. The molecule has 0 heterocycles. The third-order valence-corrected chi connectivity index (χ3v) is 8.89. The number of hydrogen-bond acceptors (Lipinski definition) is 6. The molecule has 1 aromatic rings. The molecule has 2 N–H and O–H groups in total. The van der Waals surface area contributed by atoms with Crippen molar-refractivity contribution in [2.45, 2.75) is 113 Å². The standard InChI is InChI=1S/C38H62N4O5/c1-16-47-36(46)27(7)23-30(25(4)5)41(14)34(44)26(6)22-29(24(2)3)42(15)35(45)32(37(8,9)10)40-33(43)31(39-13)38(11,12)28-20-18-17-19-21-28/h17-25,29-32,39H,16H2,1-15H3,(H,40,43)/b26-22+,27-23+/t29-,30-,31-,32-/m1/s1. The van der Waals surface area contributed by atoms with Gasteiger partial charge in [0, 0.05) is 30.7 Å². The molecule has 47 heavy (non-hydrogen) atoms. The predicted molar refractivity (Wildman–Crippen MR) is 191 cm³/mol. The van der Waals surface area contributed by atoms with Gasteiger partial charge in [0.15, 0.2) is 0 Å². The zero-order valence-corrected chi connectivity index (χ0v) is 31.6. The van der Waals surface area contributed by atoms with Gasteiger partial charge in [-0.1, -0.05) is 105 Å². The van der Waals surface area contributed by atoms with Crippen molar-refractivity contribution in [1.29, 1.82) is 0 Å². The number of carbonyl (C=O) groups excluding carboxylic acids is 4. The van der Waals surface area contributed by atoms with E-state index in [-0.39, 0.29) is 42.2 Å². The zero-order valence-electron chi connectivity index (χ0n) is 31.6. The Morgan fingerprint density at radius 2 is 1.30 bits per heavy atom. The summed E-state index contributed by atoms with van der Waals surface area (Å²) in [5.74, 6) is -1.11. The highest BCUT2D eigenvalue weighted by atomic mass is 16.5. The van der Waals surface area contributed by atoms with Crippen LogP contribution in [-0.4, -0.2) is 85.4 Å². The van der Waals surface area contributed by atoms with Gasteiger partial charge < -0.3 is 25.2 Å². The Morgan fingerprint density at radius 1 is 0.809 bits per heavy atom. The second-order valence-corrected chi connectivity index (χ2v) is 14.9. The van der Waals surface area contributed by atoms with Crippen LogP contribution in [0.15, 0.2) is 53.6 Å². The molecule has 0 saturated carbocycles. The van der Waals surface area contributed by atoms with Crippen molar-refractivity contribution in [3.8, 4) is 0 Å². The SMILES string of the molecule is CCOC(=O)/C(C)=C/[C@H](C(C)C)N(C)C(=O)/C(C)=C/[C@H](C(C)C)N(C)C(=O)[C@@H](NC(=O)[C@@H](NC)C(C)(C)c1ccccc1)C(C)(C)C. The van der Waals surface area contributed by atoms with Gasteiger partial charge in [-0.25, -0.2) is 4.79 Å². The van der Waals surface area contributed by atoms with Crippen LogP contribution in [0.5, 0.6) is 0 Å². The summed E-state index contributed by atoms with van der Waals surface area (Å²) < 4.78 is 5.13. The molecule has 0 radical (unpaired) electrons. The number of carbonyl (C=O) groups is 4. The quantitative estimate of drug-likeness (QED) is 0.191. The van der Waals surface area contributed by atoms with E-state index in [1.54, 1.807) is 57.8 Å². The van der Waals surface area contributed by atoms with E-state index >= 15 is 0 Å². The topological polar surface area (TPSA) is 108 Å². The molecule has 0 saturated heterocycles. The fourth-order valence-electron chi connectivity index (χ4n) is 5.89. The van der Waals surface area contributed by atoms with Crippen molar-refractivity contribution in [3.05, 3.63) is 59.2 Å². The molecule has 1 rings (SSSR count). The van der Waals surface area contributed by atoms with Crippen LogP contribution < -0.4 is 10.6 Å². The summed E-state index contributed by atoms with van der Waals surface area (Å²) in [6, 6.07) is 7.66. The monoisotopic (exact) mass is 654 g/mol. The van der Waals surface area contributed by atoms with Gasteiger partial charge in [-0.05, 0) is 50.6 Å². The minimum Gasteiger partial charge on any atom is -0.463 e. The van der Waals surface area contributed by atoms with Gasteiger partial charge in [0.2, 0.25) is 17.7 Å². The van der Waals surface area contributed by atoms with Crippen LogP contribution in [0.4, 0.5) is 0 Å². The highest BCUT2D eigenvalue weighted by Gasteiger charge is 2.41. The highest BCUT2D eigenvalue weighted by molar-refractivity contribution is 5.94. The molecule has 0 aliphatic carbocycles. The first-order valence-electron chi connectivity index (χ1n) is 16.7. The largest absolute Gasteiger partial charge is 0.463 e. The lowest BCUT2D eigenvalue weighted by atomic mass is 9.76. The molecule has 0 bridgehead atoms. The maximum atomic E-state index is 14.2. The lowest BCUT2D eigenvalue weighted by molar-refractivity contribution is -0.141. The fourth-order valence-corrected chi connectivity index (χ4v) is 5.89. The number of nitrogens with zero attached hydrogens (tertiary/aromatic N) is 2. The van der Waals surface area contributed by atoms with Gasteiger partial charge in [-0.2, -0.15) is 0 Å². The molecule has 0 spiro atoms. The molecule has 9 heteroatoms. The summed E-state index contributed by atoms with van der Waals surface area (Å²) in [4.78, 5) is 57.4. The second kappa shape index (κ2) is 17.6. The zero-order chi connectivity index (χ0) is 36.4. The number of amides is 3. The molecule has 1 aromatic carbocycles. The Balaban J connectivity index is 3.38. The number of ether oxygens (including phenoxy) is 1. The van der Waals surface area contributed by atoms with Crippen molar-refractivity contribution >= 4 is 23.7 Å². The van der Waals surface area contributed by atoms with Gasteiger partial charge in [-0.15, -0.1) is 0 Å². The minimum absolute atomic E-state index is 0.0257. The number of esters is 1. The molecule has 264 valence electrons. The summed E-state index contributed by atoms with van der Waals surface area (Å²) in [6.07, 6.45) is 3.61. The maximum Gasteiger partial charge on any atom is 0.333 e. The second-order valence-electron chi connectivity index (χ2n) is 14.9. The molecule has 0 unspecified atom stereocenters. The van der Waals surface area contributed by atoms with Gasteiger partial charge >= 0.3 is 5.97 Å². The van der Waals surface area contributed by atoms with Crippen LogP contribution >= 0.6 is 0 Å². The number of likely N-dealkylation sites (N-methyl/N-ethyl adjacent to an activating group) is 3. The van der Waals surface area contributed by atoms with Crippen LogP contribution in [0.3, 0.4) is 0 Å². The molecule has 0 aromatic heterocycles. The molecule has 3 amide bonds. The number of benzene rings is 1. The first kappa shape index (κ1) is 41.6. The van der Waals surface area contributed by atoms with Gasteiger partial charge in [0.25, 0.3) is 0 Å². The van der Waals surface area contributed by atoms with E-state index in [9.17, 15) is 19.2 Å². The Bertz CT molecular complexity index is 1280. The third-order valence-electron chi connectivity index (χ3n) is 8.89. The minimum atomic E-state index is -0.822. The Labute approximate surface area is 284 Å². The van der Waals surface area contributed by atoms with Crippen LogP contribution in [0.2, 0.25) is 0 Å². The predicted octanol–water partition coefficient (Wildman–Crippen LogP) is 5.50. The van der Waals surface area contributed by atoms with Crippen molar-refractivity contribution in [1.82, 2.24) is 20.4 Å². The molecular formula is C38H62N4O5. The van der Waals surface area contributed by atoms with E-state index in [1.807, 2.05) is 98.7 Å². The van der Waals surface area contributed by atoms with Crippen LogP contribution in [0, 0.1) is 17.3 Å². The lowest BCUT2D eigenvalue weighted by Crippen LogP contribution is -2.61.